The van der Waals surface area contributed by atoms with Gasteiger partial charge in [0.2, 0.25) is 0 Å². The predicted octanol–water partition coefficient (Wildman–Crippen LogP) is 2.65. The van der Waals surface area contributed by atoms with E-state index >= 15 is 0 Å². The van der Waals surface area contributed by atoms with Gasteiger partial charge in [0.1, 0.15) is 0 Å². The van der Waals surface area contributed by atoms with Gasteiger partial charge in [-0.15, -0.1) is 0 Å². The van der Waals surface area contributed by atoms with Crippen LogP contribution in [0.25, 0.3) is 0 Å². The molecule has 112 valence electrons. The average molecular weight is 268 g/mol. The summed E-state index contributed by atoms with van der Waals surface area (Å²) in [6.07, 6.45) is 5.16. The Balaban J connectivity index is 1.83. The van der Waals surface area contributed by atoms with Gasteiger partial charge < -0.3 is 10.1 Å². The summed E-state index contributed by atoms with van der Waals surface area (Å²) in [7, 11) is 0. The molecule has 0 spiro atoms. The third-order valence-corrected chi connectivity index (χ3v) is 4.55. The molecule has 2 rings (SSSR count). The molecule has 0 radical (unpaired) electrons. The SMILES string of the molecule is CC(C)NCC1CCCN(C2CCOC(C)(C)C2)C1. The van der Waals surface area contributed by atoms with Gasteiger partial charge in [0, 0.05) is 25.2 Å². The number of likely N-dealkylation sites (tertiary alicyclic amines) is 1. The van der Waals surface area contributed by atoms with Crippen molar-refractivity contribution in [3.63, 3.8) is 0 Å². The van der Waals surface area contributed by atoms with Crippen LogP contribution in [0.5, 0.6) is 0 Å². The van der Waals surface area contributed by atoms with Crippen molar-refractivity contribution in [2.24, 2.45) is 5.92 Å². The summed E-state index contributed by atoms with van der Waals surface area (Å²) in [6, 6.07) is 1.35. The van der Waals surface area contributed by atoms with Gasteiger partial charge >= 0.3 is 0 Å². The minimum atomic E-state index is 0.0754. The molecule has 3 heteroatoms. The molecular formula is C16H32N2O. The maximum absolute atomic E-state index is 5.85. The molecule has 0 aromatic carbocycles. The molecule has 2 unspecified atom stereocenters. The third-order valence-electron chi connectivity index (χ3n) is 4.55. The van der Waals surface area contributed by atoms with Crippen LogP contribution in [0.4, 0.5) is 0 Å². The highest BCUT2D eigenvalue weighted by Gasteiger charge is 2.34. The van der Waals surface area contributed by atoms with Gasteiger partial charge in [0.15, 0.2) is 0 Å². The zero-order valence-corrected chi connectivity index (χ0v) is 13.2. The molecule has 0 aliphatic carbocycles. The fourth-order valence-electron chi connectivity index (χ4n) is 3.51. The van der Waals surface area contributed by atoms with Crippen molar-refractivity contribution < 1.29 is 4.74 Å². The standard InChI is InChI=1S/C16H32N2O/c1-13(2)17-11-14-6-5-8-18(12-14)15-7-9-19-16(3,4)10-15/h13-15,17H,5-12H2,1-4H3. The fraction of sp³-hybridized carbons (Fsp3) is 1.00. The number of ether oxygens (including phenoxy) is 1. The van der Waals surface area contributed by atoms with E-state index in [1.54, 1.807) is 0 Å². The van der Waals surface area contributed by atoms with Crippen LogP contribution in [-0.2, 0) is 4.74 Å². The summed E-state index contributed by atoms with van der Waals surface area (Å²) in [5.74, 6) is 0.835. The van der Waals surface area contributed by atoms with E-state index in [9.17, 15) is 0 Å². The second kappa shape index (κ2) is 6.55. The van der Waals surface area contributed by atoms with Crippen LogP contribution in [0.2, 0.25) is 0 Å². The molecular weight excluding hydrogens is 236 g/mol. The maximum Gasteiger partial charge on any atom is 0.0641 e. The van der Waals surface area contributed by atoms with Crippen molar-refractivity contribution in [2.45, 2.75) is 71.1 Å². The molecule has 2 aliphatic rings. The first-order valence-corrected chi connectivity index (χ1v) is 8.08. The molecule has 1 N–H and O–H groups in total. The first-order valence-electron chi connectivity index (χ1n) is 8.08. The highest BCUT2D eigenvalue weighted by molar-refractivity contribution is 4.87. The van der Waals surface area contributed by atoms with E-state index < -0.39 is 0 Å². The first-order chi connectivity index (χ1) is 8.96. The predicted molar refractivity (Wildman–Crippen MR) is 80.5 cm³/mol. The topological polar surface area (TPSA) is 24.5 Å². The molecule has 2 fully saturated rings. The number of piperidine rings is 1. The van der Waals surface area contributed by atoms with Gasteiger partial charge in [-0.25, -0.2) is 0 Å². The van der Waals surface area contributed by atoms with Crippen LogP contribution in [0, 0.1) is 5.92 Å². The van der Waals surface area contributed by atoms with Gasteiger partial charge in [-0.05, 0) is 58.5 Å². The zero-order chi connectivity index (χ0) is 13.9. The monoisotopic (exact) mass is 268 g/mol. The minimum Gasteiger partial charge on any atom is -0.375 e. The van der Waals surface area contributed by atoms with E-state index in [-0.39, 0.29) is 5.60 Å². The lowest BCUT2D eigenvalue weighted by molar-refractivity contribution is -0.0878. The lowest BCUT2D eigenvalue weighted by atomic mass is 9.89. The number of hydrogen-bond donors (Lipinski definition) is 1. The Morgan fingerprint density at radius 1 is 1.32 bits per heavy atom. The van der Waals surface area contributed by atoms with Gasteiger partial charge in [0.05, 0.1) is 5.60 Å². The van der Waals surface area contributed by atoms with Crippen molar-refractivity contribution in [1.82, 2.24) is 10.2 Å². The van der Waals surface area contributed by atoms with E-state index in [0.29, 0.717) is 6.04 Å². The molecule has 2 aliphatic heterocycles. The van der Waals surface area contributed by atoms with Gasteiger partial charge in [-0.3, -0.25) is 4.90 Å². The molecule has 2 atom stereocenters. The second-order valence-corrected chi connectivity index (χ2v) is 7.32. The lowest BCUT2D eigenvalue weighted by Crippen LogP contribution is -2.50. The smallest absolute Gasteiger partial charge is 0.0641 e. The van der Waals surface area contributed by atoms with Crippen molar-refractivity contribution >= 4 is 0 Å². The Kier molecular flexibility index (Phi) is 5.27. The number of nitrogens with zero attached hydrogens (tertiary/aromatic N) is 1. The Morgan fingerprint density at radius 3 is 2.79 bits per heavy atom. The summed E-state index contributed by atoms with van der Waals surface area (Å²) in [6.45, 7) is 13.6. The molecule has 0 bridgehead atoms. The Labute approximate surface area is 119 Å². The molecule has 0 aromatic heterocycles. The van der Waals surface area contributed by atoms with Crippen LogP contribution < -0.4 is 5.32 Å². The van der Waals surface area contributed by atoms with Crippen LogP contribution in [0.1, 0.15) is 53.4 Å². The highest BCUT2D eigenvalue weighted by Crippen LogP contribution is 2.30. The fourth-order valence-corrected chi connectivity index (χ4v) is 3.51. The average Bonchev–Trinajstić information content (AvgIpc) is 2.35. The normalized spacial score (nSPS) is 32.7. The quantitative estimate of drug-likeness (QED) is 0.848. The zero-order valence-electron chi connectivity index (χ0n) is 13.2. The van der Waals surface area contributed by atoms with E-state index in [1.165, 1.54) is 45.3 Å². The van der Waals surface area contributed by atoms with E-state index in [2.05, 4.69) is 37.9 Å². The summed E-state index contributed by atoms with van der Waals surface area (Å²) in [4.78, 5) is 2.74. The summed E-state index contributed by atoms with van der Waals surface area (Å²) in [5.41, 5.74) is 0.0754. The number of rotatable bonds is 4. The molecule has 0 saturated carbocycles. The third kappa shape index (κ3) is 4.73. The van der Waals surface area contributed by atoms with Crippen molar-refractivity contribution in [3.05, 3.63) is 0 Å². The summed E-state index contributed by atoms with van der Waals surface area (Å²) >= 11 is 0. The molecule has 0 aromatic rings. The molecule has 19 heavy (non-hydrogen) atoms. The minimum absolute atomic E-state index is 0.0754. The van der Waals surface area contributed by atoms with E-state index in [4.69, 9.17) is 4.74 Å². The Hall–Kier alpha value is -0.120. The highest BCUT2D eigenvalue weighted by atomic mass is 16.5. The first kappa shape index (κ1) is 15.3. The van der Waals surface area contributed by atoms with Crippen LogP contribution in [-0.4, -0.2) is 48.8 Å². The van der Waals surface area contributed by atoms with E-state index in [1.807, 2.05) is 0 Å². The second-order valence-electron chi connectivity index (χ2n) is 7.32. The Bertz CT molecular complexity index is 278. The summed E-state index contributed by atoms with van der Waals surface area (Å²) < 4.78 is 5.85. The van der Waals surface area contributed by atoms with Crippen molar-refractivity contribution in [3.8, 4) is 0 Å². The lowest BCUT2D eigenvalue weighted by Gasteiger charge is -2.44. The summed E-state index contributed by atoms with van der Waals surface area (Å²) in [5, 5.41) is 3.60. The van der Waals surface area contributed by atoms with Crippen LogP contribution in [0.3, 0.4) is 0 Å². The molecule has 0 amide bonds. The van der Waals surface area contributed by atoms with E-state index in [0.717, 1.165) is 18.6 Å². The molecule has 2 saturated heterocycles. The van der Waals surface area contributed by atoms with Crippen molar-refractivity contribution in [2.75, 3.05) is 26.2 Å². The largest absolute Gasteiger partial charge is 0.375 e. The molecule has 3 nitrogen and oxygen atoms in total. The molecule has 2 heterocycles. The number of hydrogen-bond acceptors (Lipinski definition) is 3. The van der Waals surface area contributed by atoms with Gasteiger partial charge in [0.25, 0.3) is 0 Å². The maximum atomic E-state index is 5.85. The van der Waals surface area contributed by atoms with Gasteiger partial charge in [-0.1, -0.05) is 13.8 Å². The van der Waals surface area contributed by atoms with Crippen LogP contribution >= 0.6 is 0 Å². The van der Waals surface area contributed by atoms with Gasteiger partial charge in [-0.2, -0.15) is 0 Å². The number of nitrogens with one attached hydrogen (secondary N) is 1. The van der Waals surface area contributed by atoms with Crippen molar-refractivity contribution in [1.29, 1.82) is 0 Å². The van der Waals surface area contributed by atoms with Crippen LogP contribution in [0.15, 0.2) is 0 Å². The Morgan fingerprint density at radius 2 is 2.11 bits per heavy atom.